The van der Waals surface area contributed by atoms with E-state index in [2.05, 4.69) is 56.8 Å². The number of carbonyl (C=O) groups excluding carboxylic acids is 1. The molecule has 0 aliphatic carbocycles. The Morgan fingerprint density at radius 2 is 1.45 bits per heavy atom. The molecular formula is C34H55N2O2+. The maximum absolute atomic E-state index is 13.0. The molecule has 0 aliphatic heterocycles. The number of rotatable bonds is 19. The highest BCUT2D eigenvalue weighted by molar-refractivity contribution is 5.94. The number of carbonyl (C=O) groups is 1. The highest BCUT2D eigenvalue weighted by atomic mass is 16.5. The minimum atomic E-state index is -0.105. The van der Waals surface area contributed by atoms with E-state index in [1.807, 2.05) is 30.3 Å². The Bertz CT molecular complexity index is 932. The van der Waals surface area contributed by atoms with E-state index in [9.17, 15) is 4.79 Å². The molecule has 0 unspecified atom stereocenters. The number of benzene rings is 1. The van der Waals surface area contributed by atoms with Crippen molar-refractivity contribution in [2.24, 2.45) is 0 Å². The summed E-state index contributed by atoms with van der Waals surface area (Å²) >= 11 is 0. The van der Waals surface area contributed by atoms with E-state index in [-0.39, 0.29) is 11.3 Å². The van der Waals surface area contributed by atoms with E-state index in [0.717, 1.165) is 43.0 Å². The molecule has 0 fully saturated rings. The number of aryl methyl sites for hydroxylation is 1. The molecule has 1 heterocycles. The molecule has 0 atom stereocenters. The summed E-state index contributed by atoms with van der Waals surface area (Å²) in [6, 6.07) is 12.0. The molecular weight excluding hydrogens is 468 g/mol. The van der Waals surface area contributed by atoms with Gasteiger partial charge in [-0.25, -0.2) is 4.57 Å². The third kappa shape index (κ3) is 12.0. The van der Waals surface area contributed by atoms with Crippen molar-refractivity contribution in [2.75, 3.05) is 6.61 Å². The Morgan fingerprint density at radius 3 is 2.05 bits per heavy atom. The lowest BCUT2D eigenvalue weighted by Crippen LogP contribution is -2.40. The van der Waals surface area contributed by atoms with Crippen LogP contribution in [0.15, 0.2) is 42.6 Å². The number of hydrogen-bond donors (Lipinski definition) is 1. The van der Waals surface area contributed by atoms with Gasteiger partial charge in [-0.15, -0.1) is 0 Å². The number of pyridine rings is 1. The number of amides is 1. The summed E-state index contributed by atoms with van der Waals surface area (Å²) in [5.41, 5.74) is 2.78. The fourth-order valence-corrected chi connectivity index (χ4v) is 4.91. The smallest absolute Gasteiger partial charge is 0.251 e. The molecule has 1 N–H and O–H groups in total. The van der Waals surface area contributed by atoms with Crippen LogP contribution in [-0.4, -0.2) is 12.5 Å². The molecule has 0 bridgehead atoms. The van der Waals surface area contributed by atoms with Crippen molar-refractivity contribution in [3.8, 4) is 5.75 Å². The maximum Gasteiger partial charge on any atom is 0.251 e. The summed E-state index contributed by atoms with van der Waals surface area (Å²) in [5.74, 6) is 0.857. The lowest BCUT2D eigenvalue weighted by atomic mass is 9.85. The van der Waals surface area contributed by atoms with Crippen molar-refractivity contribution in [2.45, 2.75) is 137 Å². The quantitative estimate of drug-likeness (QED) is 0.148. The molecule has 0 saturated carbocycles. The largest absolute Gasteiger partial charge is 0.493 e. The van der Waals surface area contributed by atoms with Crippen molar-refractivity contribution in [3.05, 3.63) is 59.4 Å². The molecule has 0 radical (unpaired) electrons. The molecule has 0 saturated heterocycles. The van der Waals surface area contributed by atoms with Crippen LogP contribution in [0.3, 0.4) is 0 Å². The highest BCUT2D eigenvalue weighted by Gasteiger charge is 2.21. The van der Waals surface area contributed by atoms with Crippen LogP contribution in [0.5, 0.6) is 5.75 Å². The fourth-order valence-electron chi connectivity index (χ4n) is 4.91. The molecule has 212 valence electrons. The van der Waals surface area contributed by atoms with Crippen molar-refractivity contribution >= 4 is 5.91 Å². The normalized spacial score (nSPS) is 11.5. The molecule has 1 amide bonds. The zero-order chi connectivity index (χ0) is 27.6. The van der Waals surface area contributed by atoms with E-state index in [0.29, 0.717) is 12.1 Å². The summed E-state index contributed by atoms with van der Waals surface area (Å²) in [6.07, 6.45) is 19.2. The van der Waals surface area contributed by atoms with Gasteiger partial charge in [-0.2, -0.15) is 0 Å². The number of unbranched alkanes of at least 4 members (excludes halogenated alkanes) is 11. The first-order valence-electron chi connectivity index (χ1n) is 15.4. The zero-order valence-electron chi connectivity index (χ0n) is 25.1. The molecule has 4 heteroatoms. The van der Waals surface area contributed by atoms with Gasteiger partial charge in [-0.3, -0.25) is 4.79 Å². The Kier molecular flexibility index (Phi) is 15.1. The minimum Gasteiger partial charge on any atom is -0.493 e. The molecule has 38 heavy (non-hydrogen) atoms. The van der Waals surface area contributed by atoms with Crippen LogP contribution >= 0.6 is 0 Å². The number of nitrogens with one attached hydrogen (secondary N) is 1. The van der Waals surface area contributed by atoms with Crippen molar-refractivity contribution in [1.82, 2.24) is 5.32 Å². The van der Waals surface area contributed by atoms with Crippen LogP contribution in [0.4, 0.5) is 0 Å². The molecule has 1 aromatic carbocycles. The minimum absolute atomic E-state index is 0.0464. The Balaban J connectivity index is 1.77. The number of hydrogen-bond acceptors (Lipinski definition) is 2. The summed E-state index contributed by atoms with van der Waals surface area (Å²) < 4.78 is 8.43. The maximum atomic E-state index is 13.0. The monoisotopic (exact) mass is 523 g/mol. The van der Waals surface area contributed by atoms with Gasteiger partial charge in [0.15, 0.2) is 6.20 Å². The van der Waals surface area contributed by atoms with Gasteiger partial charge in [0.05, 0.1) is 6.61 Å². The van der Waals surface area contributed by atoms with E-state index in [1.54, 1.807) is 0 Å². The van der Waals surface area contributed by atoms with Gasteiger partial charge in [0.25, 0.3) is 5.91 Å². The average molecular weight is 524 g/mol. The fraction of sp³-hybridized carbons (Fsp3) is 0.647. The lowest BCUT2D eigenvalue weighted by molar-refractivity contribution is -0.704. The molecule has 2 aromatic rings. The van der Waals surface area contributed by atoms with Crippen molar-refractivity contribution in [1.29, 1.82) is 0 Å². The van der Waals surface area contributed by atoms with E-state index in [4.69, 9.17) is 4.74 Å². The SMILES string of the molecule is CCCCCCCCCCCCCCOc1ccc(C(=O)NCc2cccc[n+]2CCC)cc1C(C)(C)C. The number of aromatic nitrogens is 1. The van der Waals surface area contributed by atoms with Gasteiger partial charge in [-0.1, -0.05) is 111 Å². The molecule has 2 rings (SSSR count). The van der Waals surface area contributed by atoms with Crippen LogP contribution < -0.4 is 14.6 Å². The molecule has 4 nitrogen and oxygen atoms in total. The summed E-state index contributed by atoms with van der Waals surface area (Å²) in [7, 11) is 0. The van der Waals surface area contributed by atoms with Crippen LogP contribution in [0, 0.1) is 0 Å². The standard InChI is InChI=1S/C34H54N2O2/c1-6-8-9-10-11-12-13-14-15-16-17-20-26-38-32-23-22-29(27-31(32)34(3,4)5)33(37)35-28-30-21-18-19-25-36(30)24-7-2/h18-19,21-23,25,27H,6-17,20,24,26,28H2,1-5H3/p+1. The number of nitrogens with zero attached hydrogens (tertiary/aromatic N) is 1. The molecule has 0 aliphatic rings. The first kappa shape index (κ1) is 31.9. The lowest BCUT2D eigenvalue weighted by Gasteiger charge is -2.23. The third-order valence-electron chi connectivity index (χ3n) is 7.23. The Hall–Kier alpha value is -2.36. The summed E-state index contributed by atoms with van der Waals surface area (Å²) in [6.45, 7) is 13.2. The highest BCUT2D eigenvalue weighted by Crippen LogP contribution is 2.32. The van der Waals surface area contributed by atoms with Crippen molar-refractivity contribution < 1.29 is 14.1 Å². The van der Waals surface area contributed by atoms with Gasteiger partial charge < -0.3 is 10.1 Å². The first-order chi connectivity index (χ1) is 18.4. The summed E-state index contributed by atoms with van der Waals surface area (Å²) in [5, 5.41) is 3.11. The molecule has 0 spiro atoms. The van der Waals surface area contributed by atoms with Crippen molar-refractivity contribution in [3.63, 3.8) is 0 Å². The van der Waals surface area contributed by atoms with Crippen LogP contribution in [0.25, 0.3) is 0 Å². The second-order valence-electron chi connectivity index (χ2n) is 11.8. The summed E-state index contributed by atoms with van der Waals surface area (Å²) in [4.78, 5) is 13.0. The van der Waals surface area contributed by atoms with Gasteiger partial charge >= 0.3 is 0 Å². The van der Waals surface area contributed by atoms with Gasteiger partial charge in [0.1, 0.15) is 18.8 Å². The van der Waals surface area contributed by atoms with E-state index >= 15 is 0 Å². The van der Waals surface area contributed by atoms with E-state index in [1.165, 1.54) is 70.6 Å². The van der Waals surface area contributed by atoms with Gasteiger partial charge in [0, 0.05) is 29.7 Å². The third-order valence-corrected chi connectivity index (χ3v) is 7.23. The van der Waals surface area contributed by atoms with Crippen LogP contribution in [0.2, 0.25) is 0 Å². The van der Waals surface area contributed by atoms with Gasteiger partial charge in [0.2, 0.25) is 5.69 Å². The second-order valence-corrected chi connectivity index (χ2v) is 11.8. The molecule has 1 aromatic heterocycles. The first-order valence-corrected chi connectivity index (χ1v) is 15.4. The zero-order valence-corrected chi connectivity index (χ0v) is 25.1. The average Bonchev–Trinajstić information content (AvgIpc) is 2.90. The predicted molar refractivity (Wildman–Crippen MR) is 160 cm³/mol. The number of ether oxygens (including phenoxy) is 1. The van der Waals surface area contributed by atoms with Gasteiger partial charge in [-0.05, 0) is 30.0 Å². The Labute approximate surface area is 233 Å². The Morgan fingerprint density at radius 1 is 0.816 bits per heavy atom. The van der Waals surface area contributed by atoms with Crippen LogP contribution in [0.1, 0.15) is 140 Å². The predicted octanol–water partition coefficient (Wildman–Crippen LogP) is 8.69. The van der Waals surface area contributed by atoms with Crippen LogP contribution in [-0.2, 0) is 18.5 Å². The topological polar surface area (TPSA) is 42.2 Å². The second kappa shape index (κ2) is 18.0. The van der Waals surface area contributed by atoms with E-state index < -0.39 is 0 Å².